The highest BCUT2D eigenvalue weighted by atomic mass is 32.2. The Bertz CT molecular complexity index is 1510. The van der Waals surface area contributed by atoms with Crippen LogP contribution in [0.1, 0.15) is 50.5 Å². The van der Waals surface area contributed by atoms with Gasteiger partial charge in [0.15, 0.2) is 5.03 Å². The van der Waals surface area contributed by atoms with E-state index in [1.165, 1.54) is 13.2 Å². The zero-order valence-electron chi connectivity index (χ0n) is 25.4. The van der Waals surface area contributed by atoms with E-state index in [-0.39, 0.29) is 60.4 Å². The van der Waals surface area contributed by atoms with Gasteiger partial charge in [0.05, 0.1) is 19.0 Å². The number of hydrogen-bond acceptors (Lipinski definition) is 9. The molecule has 1 fully saturated rings. The second kappa shape index (κ2) is 16.6. The Labute approximate surface area is 261 Å². The number of esters is 1. The van der Waals surface area contributed by atoms with Gasteiger partial charge >= 0.3 is 5.97 Å². The average Bonchev–Trinajstić information content (AvgIpc) is 3.00. The molecule has 0 bridgehead atoms. The van der Waals surface area contributed by atoms with Crippen LogP contribution in [-0.2, 0) is 29.1 Å². The number of methoxy groups -OCH3 is 1. The lowest BCUT2D eigenvalue weighted by molar-refractivity contribution is -0.485. The van der Waals surface area contributed by atoms with E-state index in [0.717, 1.165) is 5.56 Å². The Morgan fingerprint density at radius 1 is 1.20 bits per heavy atom. The number of fused-ring (bicyclic) bond motifs is 1. The van der Waals surface area contributed by atoms with E-state index in [1.54, 1.807) is 23.2 Å². The molecule has 2 aromatic rings. The summed E-state index contributed by atoms with van der Waals surface area (Å²) in [6.45, 7) is 3.24. The van der Waals surface area contributed by atoms with Crippen molar-refractivity contribution in [3.8, 4) is 0 Å². The number of para-hydroxylation sites is 1. The van der Waals surface area contributed by atoms with Gasteiger partial charge in [-0.05, 0) is 62.6 Å². The van der Waals surface area contributed by atoms with Crippen molar-refractivity contribution in [2.75, 3.05) is 33.3 Å². The van der Waals surface area contributed by atoms with Gasteiger partial charge in [0.25, 0.3) is 5.96 Å². The first-order valence-corrected chi connectivity index (χ1v) is 16.1. The Morgan fingerprint density at radius 2 is 1.93 bits per heavy atom. The molecule has 0 radical (unpaired) electrons. The third-order valence-corrected chi connectivity index (χ3v) is 8.95. The molecule has 0 saturated carbocycles. The number of aromatic nitrogens is 1. The number of amides is 2. The van der Waals surface area contributed by atoms with Crippen LogP contribution in [0.3, 0.4) is 0 Å². The number of carbonyl (C=O) groups is 3. The van der Waals surface area contributed by atoms with Crippen LogP contribution in [0, 0.1) is 23.0 Å². The number of nitro groups is 1. The highest BCUT2D eigenvalue weighted by molar-refractivity contribution is 7.89. The molecule has 2 heterocycles. The van der Waals surface area contributed by atoms with Crippen molar-refractivity contribution in [1.29, 1.82) is 0 Å². The number of aryl methyl sites for hydroxylation is 1. The Kier molecular flexibility index (Phi) is 13.0. The topological polar surface area (TPSA) is 228 Å². The van der Waals surface area contributed by atoms with Gasteiger partial charge in [0.2, 0.25) is 21.8 Å². The lowest BCUT2D eigenvalue weighted by atomic mass is 9.93. The average molecular weight is 649 g/mol. The number of rotatable bonds is 15. The number of pyridine rings is 1. The molecule has 1 atom stereocenters. The number of nitrogens with one attached hydrogen (secondary N) is 3. The van der Waals surface area contributed by atoms with Crippen molar-refractivity contribution in [3.05, 3.63) is 46.1 Å². The molecule has 2 amide bonds. The molecule has 1 aliphatic rings. The molecule has 0 spiro atoms. The molecule has 45 heavy (non-hydrogen) atoms. The van der Waals surface area contributed by atoms with E-state index in [2.05, 4.69) is 30.2 Å². The molecule has 246 valence electrons. The summed E-state index contributed by atoms with van der Waals surface area (Å²) < 4.78 is 34.3. The number of benzene rings is 1. The second-order valence-corrected chi connectivity index (χ2v) is 12.5. The van der Waals surface area contributed by atoms with Crippen LogP contribution in [0.25, 0.3) is 10.9 Å². The smallest absolute Gasteiger partial charge is 0.306 e. The molecule has 1 saturated heterocycles. The van der Waals surface area contributed by atoms with E-state index in [0.29, 0.717) is 44.3 Å². The van der Waals surface area contributed by atoms with Crippen LogP contribution in [-0.4, -0.2) is 86.4 Å². The number of nitrogens with two attached hydrogens (primary N) is 1. The fourth-order valence-electron chi connectivity index (χ4n) is 5.07. The normalized spacial score (nSPS) is 15.0. The molecule has 1 aromatic heterocycles. The molecule has 0 unspecified atom stereocenters. The lowest BCUT2D eigenvalue weighted by Crippen LogP contribution is -2.51. The highest BCUT2D eigenvalue weighted by Crippen LogP contribution is 2.24. The largest absolute Gasteiger partial charge is 0.469 e. The van der Waals surface area contributed by atoms with E-state index < -0.39 is 33.0 Å². The van der Waals surface area contributed by atoms with Crippen LogP contribution >= 0.6 is 0 Å². The number of carbonyl (C=O) groups excluding carboxylic acids is 3. The SMILES string of the molecule is COC(=O)CCC(=O)NCCC1CCN(C(=O)[C@H](CCCN/C(N)=N/[N+](=O)[O-])NS(=O)(=O)c2cccc3cc(C)cnc23)CC1. The summed E-state index contributed by atoms with van der Waals surface area (Å²) >= 11 is 0. The van der Waals surface area contributed by atoms with Crippen LogP contribution in [0.15, 0.2) is 40.5 Å². The van der Waals surface area contributed by atoms with Gasteiger partial charge in [-0.1, -0.05) is 12.1 Å². The molecule has 17 heteroatoms. The van der Waals surface area contributed by atoms with Crippen LogP contribution in [0.5, 0.6) is 0 Å². The van der Waals surface area contributed by atoms with Crippen LogP contribution < -0.4 is 21.1 Å². The monoisotopic (exact) mass is 648 g/mol. The minimum atomic E-state index is -4.18. The third kappa shape index (κ3) is 10.9. The Balaban J connectivity index is 1.64. The maximum atomic E-state index is 13.7. The predicted octanol–water partition coefficient (Wildman–Crippen LogP) is 0.764. The fraction of sp³-hybridized carbons (Fsp3) is 0.536. The minimum Gasteiger partial charge on any atom is -0.469 e. The van der Waals surface area contributed by atoms with Crippen LogP contribution in [0.4, 0.5) is 0 Å². The first kappa shape index (κ1) is 35.1. The van der Waals surface area contributed by atoms with Crippen molar-refractivity contribution >= 4 is 44.7 Å². The quantitative estimate of drug-likeness (QED) is 0.0526. The maximum Gasteiger partial charge on any atom is 0.306 e. The Hall–Kier alpha value is -4.38. The number of hydrogen-bond donors (Lipinski definition) is 4. The molecule has 16 nitrogen and oxygen atoms in total. The molecule has 5 N–H and O–H groups in total. The minimum absolute atomic E-state index is 0.0142. The number of guanidine groups is 1. The summed E-state index contributed by atoms with van der Waals surface area (Å²) in [5.41, 5.74) is 6.62. The molecular weight excluding hydrogens is 608 g/mol. The van der Waals surface area contributed by atoms with Gasteiger partial charge in [0.1, 0.15) is 16.0 Å². The summed E-state index contributed by atoms with van der Waals surface area (Å²) in [5, 5.41) is 18.6. The summed E-state index contributed by atoms with van der Waals surface area (Å²) in [5.74, 6) is -1.22. The predicted molar refractivity (Wildman–Crippen MR) is 165 cm³/mol. The lowest BCUT2D eigenvalue weighted by Gasteiger charge is -2.34. The van der Waals surface area contributed by atoms with Crippen molar-refractivity contribution in [2.45, 2.75) is 62.8 Å². The fourth-order valence-corrected chi connectivity index (χ4v) is 6.48. The molecule has 1 aromatic carbocycles. The van der Waals surface area contributed by atoms with Gasteiger partial charge in [-0.2, -0.15) is 4.72 Å². The van der Waals surface area contributed by atoms with E-state index in [9.17, 15) is 32.9 Å². The number of likely N-dealkylation sites (tertiary alicyclic amines) is 1. The Morgan fingerprint density at radius 3 is 2.62 bits per heavy atom. The zero-order chi connectivity index (χ0) is 33.0. The summed E-state index contributed by atoms with van der Waals surface area (Å²) in [6, 6.07) is 5.52. The first-order valence-electron chi connectivity index (χ1n) is 14.6. The molecular formula is C28H40N8O8S. The number of hydrazone groups is 1. The van der Waals surface area contributed by atoms with Crippen molar-refractivity contribution < 1.29 is 32.6 Å². The molecule has 3 rings (SSSR count). The van der Waals surface area contributed by atoms with Crippen LogP contribution in [0.2, 0.25) is 0 Å². The van der Waals surface area contributed by atoms with Gasteiger partial charge in [-0.3, -0.25) is 19.4 Å². The molecule has 0 aliphatic carbocycles. The van der Waals surface area contributed by atoms with Gasteiger partial charge in [0, 0.05) is 44.2 Å². The van der Waals surface area contributed by atoms with Gasteiger partial charge in [-0.25, -0.2) is 18.5 Å². The number of piperidine rings is 1. The van der Waals surface area contributed by atoms with Gasteiger partial charge < -0.3 is 26.0 Å². The third-order valence-electron chi connectivity index (χ3n) is 7.45. The van der Waals surface area contributed by atoms with Gasteiger partial charge in [-0.15, -0.1) is 0 Å². The van der Waals surface area contributed by atoms with E-state index in [4.69, 9.17) is 5.73 Å². The zero-order valence-corrected chi connectivity index (χ0v) is 26.2. The highest BCUT2D eigenvalue weighted by Gasteiger charge is 2.32. The summed E-state index contributed by atoms with van der Waals surface area (Å²) in [4.78, 5) is 53.2. The first-order chi connectivity index (χ1) is 21.4. The van der Waals surface area contributed by atoms with Crippen molar-refractivity contribution in [3.63, 3.8) is 0 Å². The van der Waals surface area contributed by atoms with Crippen molar-refractivity contribution in [1.82, 2.24) is 25.2 Å². The summed E-state index contributed by atoms with van der Waals surface area (Å²) in [6.07, 6.45) is 4.03. The second-order valence-electron chi connectivity index (χ2n) is 10.8. The van der Waals surface area contributed by atoms with Crippen molar-refractivity contribution in [2.24, 2.45) is 16.8 Å². The number of nitrogens with zero attached hydrogens (tertiary/aromatic N) is 4. The molecule has 1 aliphatic heterocycles. The number of ether oxygens (including phenoxy) is 1. The number of sulfonamides is 1. The van der Waals surface area contributed by atoms with E-state index >= 15 is 0 Å². The van der Waals surface area contributed by atoms with E-state index in [1.807, 2.05) is 13.0 Å². The summed E-state index contributed by atoms with van der Waals surface area (Å²) in [7, 11) is -2.92. The maximum absolute atomic E-state index is 13.7. The standard InChI is InChI=1S/C28H40N8O8S/c1-19-17-21-5-3-7-23(26(21)32-18-19)45(42,43)34-22(6-4-13-31-28(29)33-36(40)41)27(39)35-15-11-20(12-16-35)10-14-30-24(37)8-9-25(38)44-2/h3,5,7,17-18,20,22,34H,4,6,8-16H2,1-2H3,(H,30,37)(H3,29,31,33)/t22-/m0/s1.